The lowest BCUT2D eigenvalue weighted by Gasteiger charge is -2.17. The summed E-state index contributed by atoms with van der Waals surface area (Å²) in [5.41, 5.74) is 12.0. The minimum atomic E-state index is -0.617. The van der Waals surface area contributed by atoms with Gasteiger partial charge in [0.1, 0.15) is 0 Å². The molecule has 2 rings (SSSR count). The molecule has 0 unspecified atom stereocenters. The number of hydrogen-bond acceptors (Lipinski definition) is 4. The Hall–Kier alpha value is -3.15. The fourth-order valence-electron chi connectivity index (χ4n) is 3.15. The first-order valence-electron chi connectivity index (χ1n) is 9.03. The molecule has 28 heavy (non-hydrogen) atoms. The summed E-state index contributed by atoms with van der Waals surface area (Å²) < 4.78 is 5.22. The smallest absolute Gasteiger partial charge is 0.338 e. The van der Waals surface area contributed by atoms with Gasteiger partial charge < -0.3 is 15.8 Å². The van der Waals surface area contributed by atoms with Crippen LogP contribution in [0.4, 0.5) is 4.79 Å². The summed E-state index contributed by atoms with van der Waals surface area (Å²) in [6.45, 7) is 9.83. The zero-order chi connectivity index (χ0) is 21.0. The molecular weight excluding hydrogens is 356 g/mol. The number of Topliss-reactive ketones (excluding diaryl/α,β-unsaturated/α-hetero) is 1. The van der Waals surface area contributed by atoms with Crippen LogP contribution in [-0.2, 0) is 11.3 Å². The molecule has 0 atom stereocenters. The highest BCUT2D eigenvalue weighted by Gasteiger charge is 2.19. The molecule has 3 N–H and O–H groups in total. The molecule has 0 bridgehead atoms. The van der Waals surface area contributed by atoms with Gasteiger partial charge in [-0.05, 0) is 80.1 Å². The zero-order valence-corrected chi connectivity index (χ0v) is 16.9. The molecule has 0 aliphatic heterocycles. The largest absolute Gasteiger partial charge is 0.454 e. The van der Waals surface area contributed by atoms with Gasteiger partial charge in [-0.15, -0.1) is 0 Å². The Kier molecular flexibility index (Phi) is 6.57. The van der Waals surface area contributed by atoms with E-state index in [0.717, 1.165) is 27.8 Å². The molecule has 0 spiro atoms. The minimum Gasteiger partial charge on any atom is -0.454 e. The number of esters is 1. The van der Waals surface area contributed by atoms with Gasteiger partial charge in [-0.1, -0.05) is 12.1 Å². The summed E-state index contributed by atoms with van der Waals surface area (Å²) in [6, 6.07) is 5.93. The second-order valence-electron chi connectivity index (χ2n) is 6.91. The van der Waals surface area contributed by atoms with Gasteiger partial charge in [0.2, 0.25) is 5.78 Å². The molecule has 0 radical (unpaired) electrons. The zero-order valence-electron chi connectivity index (χ0n) is 16.9. The maximum atomic E-state index is 12.7. The summed E-state index contributed by atoms with van der Waals surface area (Å²) in [5, 5.41) is 2.47. The van der Waals surface area contributed by atoms with Crippen LogP contribution < -0.4 is 11.1 Å². The predicted molar refractivity (Wildman–Crippen MR) is 108 cm³/mol. The van der Waals surface area contributed by atoms with Crippen LogP contribution in [0.25, 0.3) is 0 Å². The first-order chi connectivity index (χ1) is 13.1. The number of urea groups is 1. The highest BCUT2D eigenvalue weighted by molar-refractivity contribution is 6.02. The van der Waals surface area contributed by atoms with E-state index in [2.05, 4.69) is 5.32 Å². The molecular formula is C22H26N2O4. The lowest BCUT2D eigenvalue weighted by Crippen LogP contribution is -2.28. The molecule has 0 fully saturated rings. The molecule has 6 nitrogen and oxygen atoms in total. The van der Waals surface area contributed by atoms with Crippen LogP contribution >= 0.6 is 0 Å². The average Bonchev–Trinajstić information content (AvgIpc) is 2.67. The molecule has 0 saturated carbocycles. The fourth-order valence-corrected chi connectivity index (χ4v) is 3.15. The summed E-state index contributed by atoms with van der Waals surface area (Å²) >= 11 is 0. The topological polar surface area (TPSA) is 98.5 Å². The van der Waals surface area contributed by atoms with Crippen molar-refractivity contribution in [3.05, 3.63) is 68.8 Å². The highest BCUT2D eigenvalue weighted by atomic mass is 16.5. The van der Waals surface area contributed by atoms with Crippen molar-refractivity contribution in [2.45, 2.75) is 41.2 Å². The molecule has 6 heteroatoms. The third-order valence-corrected chi connectivity index (χ3v) is 5.27. The lowest BCUT2D eigenvalue weighted by atomic mass is 9.88. The maximum absolute atomic E-state index is 12.7. The van der Waals surface area contributed by atoms with Crippen LogP contribution in [0.15, 0.2) is 24.3 Å². The van der Waals surface area contributed by atoms with E-state index in [4.69, 9.17) is 10.5 Å². The Balaban J connectivity index is 2.07. The molecule has 0 saturated heterocycles. The van der Waals surface area contributed by atoms with Gasteiger partial charge in [-0.2, -0.15) is 0 Å². The van der Waals surface area contributed by atoms with Crippen molar-refractivity contribution in [1.29, 1.82) is 0 Å². The summed E-state index contributed by atoms with van der Waals surface area (Å²) in [7, 11) is 0. The van der Waals surface area contributed by atoms with E-state index in [1.165, 1.54) is 5.56 Å². The Labute approximate surface area is 165 Å². The molecule has 0 aliphatic carbocycles. The number of benzene rings is 2. The van der Waals surface area contributed by atoms with Crippen molar-refractivity contribution in [3.63, 3.8) is 0 Å². The van der Waals surface area contributed by atoms with Gasteiger partial charge in [-0.25, -0.2) is 9.59 Å². The van der Waals surface area contributed by atoms with Crippen LogP contribution in [0.3, 0.4) is 0 Å². The van der Waals surface area contributed by atoms with E-state index in [9.17, 15) is 14.4 Å². The van der Waals surface area contributed by atoms with Gasteiger partial charge in [0.25, 0.3) is 0 Å². The standard InChI is InChI=1S/C22H26N2O4/c1-12-13(2)15(4)20(16(5)14(12)3)19(25)11-28-21(26)18-8-6-17(7-9-18)10-24-22(23)27/h6-9H,10-11H2,1-5H3,(H3,23,24,27). The Morgan fingerprint density at radius 2 is 1.36 bits per heavy atom. The maximum Gasteiger partial charge on any atom is 0.338 e. The molecule has 0 heterocycles. The van der Waals surface area contributed by atoms with Crippen LogP contribution in [0.5, 0.6) is 0 Å². The number of amides is 2. The Bertz CT molecular complexity index is 902. The Morgan fingerprint density at radius 1 is 0.857 bits per heavy atom. The van der Waals surface area contributed by atoms with Gasteiger partial charge >= 0.3 is 12.0 Å². The second-order valence-corrected chi connectivity index (χ2v) is 6.91. The molecule has 2 aromatic rings. The van der Waals surface area contributed by atoms with Crippen LogP contribution in [-0.4, -0.2) is 24.4 Å². The number of carbonyl (C=O) groups excluding carboxylic acids is 3. The van der Waals surface area contributed by atoms with Gasteiger partial charge in [0.15, 0.2) is 6.61 Å². The van der Waals surface area contributed by atoms with Gasteiger partial charge in [0, 0.05) is 12.1 Å². The summed E-state index contributed by atoms with van der Waals surface area (Å²) in [6.07, 6.45) is 0. The second kappa shape index (κ2) is 8.69. The van der Waals surface area contributed by atoms with Crippen LogP contribution in [0.1, 0.15) is 54.1 Å². The van der Waals surface area contributed by atoms with Crippen molar-refractivity contribution in [1.82, 2.24) is 5.32 Å². The highest BCUT2D eigenvalue weighted by Crippen LogP contribution is 2.26. The van der Waals surface area contributed by atoms with E-state index in [-0.39, 0.29) is 18.9 Å². The van der Waals surface area contributed by atoms with E-state index >= 15 is 0 Å². The molecule has 2 aromatic carbocycles. The average molecular weight is 382 g/mol. The molecule has 0 aliphatic rings. The van der Waals surface area contributed by atoms with Gasteiger partial charge in [0.05, 0.1) is 5.56 Å². The summed E-state index contributed by atoms with van der Waals surface area (Å²) in [4.78, 5) is 35.7. The number of hydrogen-bond donors (Lipinski definition) is 2. The number of nitrogens with one attached hydrogen (secondary N) is 1. The van der Waals surface area contributed by atoms with Crippen LogP contribution in [0.2, 0.25) is 0 Å². The minimum absolute atomic E-state index is 0.211. The van der Waals surface area contributed by atoms with E-state index < -0.39 is 12.0 Å². The van der Waals surface area contributed by atoms with Crippen LogP contribution in [0, 0.1) is 34.6 Å². The van der Waals surface area contributed by atoms with Crippen molar-refractivity contribution < 1.29 is 19.1 Å². The summed E-state index contributed by atoms with van der Waals surface area (Å²) in [5.74, 6) is -0.782. The first kappa shape index (κ1) is 21.2. The number of carbonyl (C=O) groups is 3. The van der Waals surface area contributed by atoms with E-state index in [0.29, 0.717) is 11.1 Å². The molecule has 0 aromatic heterocycles. The first-order valence-corrected chi connectivity index (χ1v) is 9.03. The lowest BCUT2D eigenvalue weighted by molar-refractivity contribution is 0.0474. The van der Waals surface area contributed by atoms with E-state index in [1.807, 2.05) is 34.6 Å². The number of rotatable bonds is 6. The molecule has 2 amide bonds. The third kappa shape index (κ3) is 4.57. The van der Waals surface area contributed by atoms with Crippen molar-refractivity contribution in [2.24, 2.45) is 5.73 Å². The molecule has 148 valence electrons. The number of ketones is 1. The normalized spacial score (nSPS) is 10.5. The SMILES string of the molecule is Cc1c(C)c(C)c(C(=O)COC(=O)c2ccc(CNC(N)=O)cc2)c(C)c1C. The number of ether oxygens (including phenoxy) is 1. The van der Waals surface area contributed by atoms with E-state index in [1.54, 1.807) is 24.3 Å². The fraction of sp³-hybridized carbons (Fsp3) is 0.318. The number of nitrogens with two attached hydrogens (primary N) is 1. The Morgan fingerprint density at radius 3 is 1.86 bits per heavy atom. The van der Waals surface area contributed by atoms with Crippen molar-refractivity contribution in [3.8, 4) is 0 Å². The van der Waals surface area contributed by atoms with Crippen molar-refractivity contribution >= 4 is 17.8 Å². The number of primary amides is 1. The van der Waals surface area contributed by atoms with Gasteiger partial charge in [-0.3, -0.25) is 4.79 Å². The van der Waals surface area contributed by atoms with Crippen molar-refractivity contribution in [2.75, 3.05) is 6.61 Å². The monoisotopic (exact) mass is 382 g/mol. The quantitative estimate of drug-likeness (QED) is 0.590. The predicted octanol–water partition coefficient (Wildman–Crippen LogP) is 3.44. The third-order valence-electron chi connectivity index (χ3n) is 5.27.